The number of ether oxygens (including phenoxy) is 2. The van der Waals surface area contributed by atoms with Crippen LogP contribution in [0.5, 0.6) is 5.75 Å². The van der Waals surface area contributed by atoms with Crippen LogP contribution in [0.25, 0.3) is 0 Å². The minimum absolute atomic E-state index is 0.155. The average molecular weight is 246 g/mol. The highest BCUT2D eigenvalue weighted by atomic mass is 16.5. The molecule has 0 saturated heterocycles. The van der Waals surface area contributed by atoms with E-state index in [0.717, 1.165) is 24.4 Å². The molecular weight excluding hydrogens is 228 g/mol. The molecule has 96 valence electrons. The number of carbonyl (C=O) groups excluding carboxylic acids is 1. The van der Waals surface area contributed by atoms with Gasteiger partial charge >= 0.3 is 0 Å². The number of benzene rings is 1. The molecule has 0 fully saturated rings. The van der Waals surface area contributed by atoms with Crippen molar-refractivity contribution in [2.45, 2.75) is 25.2 Å². The number of methoxy groups -OCH3 is 2. The Labute approximate surface area is 107 Å². The molecule has 0 amide bonds. The number of ketones is 1. The van der Waals surface area contributed by atoms with E-state index in [9.17, 15) is 4.79 Å². The van der Waals surface area contributed by atoms with Crippen molar-refractivity contribution >= 4 is 5.78 Å². The van der Waals surface area contributed by atoms with E-state index in [-0.39, 0.29) is 5.78 Å². The van der Waals surface area contributed by atoms with Crippen molar-refractivity contribution in [2.75, 3.05) is 14.2 Å². The summed E-state index contributed by atoms with van der Waals surface area (Å²) in [4.78, 5) is 11.6. The van der Waals surface area contributed by atoms with Gasteiger partial charge in [0.2, 0.25) is 0 Å². The fraction of sp³-hybridized carbons (Fsp3) is 0.400. The van der Waals surface area contributed by atoms with Crippen molar-refractivity contribution in [3.05, 3.63) is 41.7 Å². The third-order valence-electron chi connectivity index (χ3n) is 3.36. The second-order valence-electron chi connectivity index (χ2n) is 4.49. The first kappa shape index (κ1) is 12.7. The van der Waals surface area contributed by atoms with Crippen molar-refractivity contribution in [1.29, 1.82) is 0 Å². The second-order valence-corrected chi connectivity index (χ2v) is 4.49. The second kappa shape index (κ2) is 5.71. The highest BCUT2D eigenvalue weighted by Crippen LogP contribution is 2.32. The monoisotopic (exact) mass is 246 g/mol. The summed E-state index contributed by atoms with van der Waals surface area (Å²) in [5.74, 6) is 2.13. The molecule has 1 atom stereocenters. The Morgan fingerprint density at radius 2 is 1.83 bits per heavy atom. The van der Waals surface area contributed by atoms with Crippen molar-refractivity contribution in [3.63, 3.8) is 0 Å². The minimum atomic E-state index is 0.155. The van der Waals surface area contributed by atoms with E-state index in [1.54, 1.807) is 20.3 Å². The molecule has 0 radical (unpaired) electrons. The maximum absolute atomic E-state index is 11.6. The smallest absolute Gasteiger partial charge is 0.159 e. The third-order valence-corrected chi connectivity index (χ3v) is 3.36. The summed E-state index contributed by atoms with van der Waals surface area (Å²) >= 11 is 0. The largest absolute Gasteiger partial charge is 0.501 e. The molecule has 1 aliphatic rings. The van der Waals surface area contributed by atoms with Gasteiger partial charge in [-0.05, 0) is 30.0 Å². The van der Waals surface area contributed by atoms with E-state index < -0.39 is 0 Å². The fourth-order valence-electron chi connectivity index (χ4n) is 2.27. The Hall–Kier alpha value is -1.77. The highest BCUT2D eigenvalue weighted by Gasteiger charge is 2.19. The predicted molar refractivity (Wildman–Crippen MR) is 69.7 cm³/mol. The molecule has 0 aliphatic heterocycles. The summed E-state index contributed by atoms with van der Waals surface area (Å²) in [7, 11) is 3.28. The third kappa shape index (κ3) is 2.92. The molecule has 3 heteroatoms. The van der Waals surface area contributed by atoms with Gasteiger partial charge in [0.1, 0.15) is 5.75 Å². The molecule has 18 heavy (non-hydrogen) atoms. The predicted octanol–water partition coefficient (Wildman–Crippen LogP) is 3.06. The molecule has 0 N–H and O–H groups in total. The summed E-state index contributed by atoms with van der Waals surface area (Å²) in [6.45, 7) is 0. The number of allylic oxidation sites excluding steroid dienone is 2. The number of hydrogen-bond acceptors (Lipinski definition) is 3. The molecule has 0 aromatic heterocycles. The zero-order valence-electron chi connectivity index (χ0n) is 10.8. The first-order valence-corrected chi connectivity index (χ1v) is 6.14. The molecular formula is C15H18O3. The van der Waals surface area contributed by atoms with Gasteiger partial charge in [-0.3, -0.25) is 4.79 Å². The standard InChI is InChI=1S/C15H18O3/c1-17-14-7-4-11(5-8-14)12-3-6-13(16)10-15(9-12)18-2/h4-5,7-8,10,12H,3,6,9H2,1-2H3/t12-/m0/s1. The molecule has 1 aliphatic carbocycles. The maximum atomic E-state index is 11.6. The van der Waals surface area contributed by atoms with Gasteiger partial charge in [-0.25, -0.2) is 0 Å². The Bertz CT molecular complexity index is 445. The quantitative estimate of drug-likeness (QED) is 0.822. The number of rotatable bonds is 3. The van der Waals surface area contributed by atoms with Gasteiger partial charge in [0.25, 0.3) is 0 Å². The van der Waals surface area contributed by atoms with Gasteiger partial charge in [-0.2, -0.15) is 0 Å². The summed E-state index contributed by atoms with van der Waals surface area (Å²) in [6.07, 6.45) is 3.87. The Morgan fingerprint density at radius 1 is 1.11 bits per heavy atom. The molecule has 2 rings (SSSR count). The normalized spacial score (nSPS) is 20.0. The first-order chi connectivity index (χ1) is 8.72. The van der Waals surface area contributed by atoms with Gasteiger partial charge in [-0.1, -0.05) is 12.1 Å². The van der Waals surface area contributed by atoms with Crippen LogP contribution < -0.4 is 4.74 Å². The van der Waals surface area contributed by atoms with Crippen LogP contribution >= 0.6 is 0 Å². The highest BCUT2D eigenvalue weighted by molar-refractivity contribution is 5.90. The number of hydrogen-bond donors (Lipinski definition) is 0. The molecule has 1 aromatic rings. The van der Waals surface area contributed by atoms with Crippen LogP contribution in [0.1, 0.15) is 30.7 Å². The summed E-state index contributed by atoms with van der Waals surface area (Å²) in [5, 5.41) is 0. The Morgan fingerprint density at radius 3 is 2.44 bits per heavy atom. The lowest BCUT2D eigenvalue weighted by molar-refractivity contribution is -0.114. The molecule has 0 unspecified atom stereocenters. The zero-order valence-corrected chi connectivity index (χ0v) is 10.8. The van der Waals surface area contributed by atoms with Crippen molar-refractivity contribution in [3.8, 4) is 5.75 Å². The van der Waals surface area contributed by atoms with E-state index >= 15 is 0 Å². The number of carbonyl (C=O) groups is 1. The van der Waals surface area contributed by atoms with Crippen molar-refractivity contribution in [2.24, 2.45) is 0 Å². The van der Waals surface area contributed by atoms with Crippen LogP contribution in [0.15, 0.2) is 36.1 Å². The molecule has 0 bridgehead atoms. The summed E-state index contributed by atoms with van der Waals surface area (Å²) in [6, 6.07) is 8.04. The topological polar surface area (TPSA) is 35.5 Å². The van der Waals surface area contributed by atoms with Crippen molar-refractivity contribution < 1.29 is 14.3 Å². The fourth-order valence-corrected chi connectivity index (χ4v) is 2.27. The van der Waals surface area contributed by atoms with Crippen LogP contribution in [-0.4, -0.2) is 20.0 Å². The van der Waals surface area contributed by atoms with Gasteiger partial charge in [0, 0.05) is 18.9 Å². The SMILES string of the molecule is COC1=CC(=O)CC[C@H](c2ccc(OC)cc2)C1. The van der Waals surface area contributed by atoms with Crippen LogP contribution in [0.2, 0.25) is 0 Å². The van der Waals surface area contributed by atoms with Crippen LogP contribution in [0.3, 0.4) is 0 Å². The lowest BCUT2D eigenvalue weighted by atomic mass is 9.91. The van der Waals surface area contributed by atoms with Gasteiger partial charge in [-0.15, -0.1) is 0 Å². The zero-order chi connectivity index (χ0) is 13.0. The van der Waals surface area contributed by atoms with Crippen LogP contribution in [-0.2, 0) is 9.53 Å². The van der Waals surface area contributed by atoms with Crippen LogP contribution in [0, 0.1) is 0 Å². The van der Waals surface area contributed by atoms with E-state index in [1.165, 1.54) is 5.56 Å². The maximum Gasteiger partial charge on any atom is 0.159 e. The lowest BCUT2D eigenvalue weighted by Gasteiger charge is -2.16. The summed E-state index contributed by atoms with van der Waals surface area (Å²) in [5.41, 5.74) is 1.23. The average Bonchev–Trinajstić information content (AvgIpc) is 2.60. The van der Waals surface area contributed by atoms with E-state index in [1.807, 2.05) is 12.1 Å². The van der Waals surface area contributed by atoms with Gasteiger partial charge in [0.05, 0.1) is 20.0 Å². The Kier molecular flexibility index (Phi) is 4.03. The van der Waals surface area contributed by atoms with Crippen LogP contribution in [0.4, 0.5) is 0 Å². The van der Waals surface area contributed by atoms with E-state index in [0.29, 0.717) is 12.3 Å². The first-order valence-electron chi connectivity index (χ1n) is 6.14. The molecule has 0 saturated carbocycles. The van der Waals surface area contributed by atoms with Gasteiger partial charge in [0.15, 0.2) is 5.78 Å². The minimum Gasteiger partial charge on any atom is -0.501 e. The van der Waals surface area contributed by atoms with E-state index in [2.05, 4.69) is 12.1 Å². The van der Waals surface area contributed by atoms with E-state index in [4.69, 9.17) is 9.47 Å². The lowest BCUT2D eigenvalue weighted by Crippen LogP contribution is -2.00. The molecule has 1 aromatic carbocycles. The van der Waals surface area contributed by atoms with Gasteiger partial charge < -0.3 is 9.47 Å². The molecule has 0 spiro atoms. The van der Waals surface area contributed by atoms with Crippen molar-refractivity contribution in [1.82, 2.24) is 0 Å². The summed E-state index contributed by atoms with van der Waals surface area (Å²) < 4.78 is 10.4. The molecule has 0 heterocycles. The Balaban J connectivity index is 2.17. The molecule has 3 nitrogen and oxygen atoms in total.